The Labute approximate surface area is 277 Å². The molecule has 0 fully saturated rings. The van der Waals surface area contributed by atoms with Gasteiger partial charge in [0.2, 0.25) is 6.79 Å². The van der Waals surface area contributed by atoms with Gasteiger partial charge in [0.25, 0.3) is 5.56 Å². The summed E-state index contributed by atoms with van der Waals surface area (Å²) < 4.78 is 36.2. The van der Waals surface area contributed by atoms with E-state index in [2.05, 4.69) is 20.9 Å². The summed E-state index contributed by atoms with van der Waals surface area (Å²) in [5.41, 5.74) is 2.86. The molecule has 0 amide bonds. The van der Waals surface area contributed by atoms with Gasteiger partial charge in [-0.15, -0.1) is 0 Å². The number of nitrogens with zero attached hydrogens (tertiary/aromatic N) is 2. The van der Waals surface area contributed by atoms with Crippen LogP contribution in [-0.4, -0.2) is 37.7 Å². The normalized spacial score (nSPS) is 15.3. The second kappa shape index (κ2) is 13.4. The maximum absolute atomic E-state index is 14.1. The molecule has 0 N–H and O–H groups in total. The number of hydrogen-bond acceptors (Lipinski definition) is 10. The molecule has 0 spiro atoms. The highest BCUT2D eigenvalue weighted by Crippen LogP contribution is 2.41. The number of allylic oxidation sites excluding steroid dienone is 1. The molecule has 4 aromatic rings. The van der Waals surface area contributed by atoms with Crippen molar-refractivity contribution in [3.8, 4) is 28.7 Å². The summed E-state index contributed by atoms with van der Waals surface area (Å²) in [6.07, 6.45) is 1.81. The Morgan fingerprint density at radius 1 is 1.04 bits per heavy atom. The number of esters is 1. The topological polar surface area (TPSA) is 107 Å². The van der Waals surface area contributed by atoms with Crippen LogP contribution in [0.4, 0.5) is 0 Å². The molecule has 0 unspecified atom stereocenters. The first-order valence-electron chi connectivity index (χ1n) is 14.6. The Kier molecular flexibility index (Phi) is 9.18. The smallest absolute Gasteiger partial charge is 0.338 e. The van der Waals surface area contributed by atoms with Crippen molar-refractivity contribution in [3.05, 3.63) is 107 Å². The summed E-state index contributed by atoms with van der Waals surface area (Å²) in [7, 11) is 1.54. The minimum Gasteiger partial charge on any atom is -0.493 e. The molecule has 3 heterocycles. The van der Waals surface area contributed by atoms with E-state index in [-0.39, 0.29) is 24.5 Å². The molecule has 3 aromatic carbocycles. The van der Waals surface area contributed by atoms with Gasteiger partial charge in [-0.3, -0.25) is 9.36 Å². The maximum Gasteiger partial charge on any atom is 0.338 e. The third-order valence-corrected chi connectivity index (χ3v) is 9.08. The van der Waals surface area contributed by atoms with E-state index < -0.39 is 12.0 Å². The van der Waals surface area contributed by atoms with Crippen LogP contribution < -0.4 is 38.6 Å². The largest absolute Gasteiger partial charge is 0.493 e. The van der Waals surface area contributed by atoms with Crippen LogP contribution >= 0.6 is 27.3 Å². The monoisotopic (exact) mass is 706 g/mol. The van der Waals surface area contributed by atoms with E-state index in [0.717, 1.165) is 16.9 Å². The number of thiazole rings is 1. The molecule has 0 aliphatic carbocycles. The van der Waals surface area contributed by atoms with Gasteiger partial charge >= 0.3 is 5.97 Å². The number of aromatic nitrogens is 1. The van der Waals surface area contributed by atoms with E-state index in [0.29, 0.717) is 61.3 Å². The minimum absolute atomic E-state index is 0.178. The highest BCUT2D eigenvalue weighted by atomic mass is 79.9. The number of fused-ring (bicyclic) bond motifs is 2. The van der Waals surface area contributed by atoms with Crippen molar-refractivity contribution in [2.75, 3.05) is 27.1 Å². The molecule has 2 aliphatic rings. The summed E-state index contributed by atoms with van der Waals surface area (Å²) in [5, 5.41) is 0. The summed E-state index contributed by atoms with van der Waals surface area (Å²) in [5.74, 6) is 2.58. The Morgan fingerprint density at radius 2 is 1.83 bits per heavy atom. The van der Waals surface area contributed by atoms with Gasteiger partial charge in [0.05, 0.1) is 42.2 Å². The number of carbonyl (C=O) groups is 1. The van der Waals surface area contributed by atoms with Gasteiger partial charge in [-0.25, -0.2) is 9.79 Å². The number of benzene rings is 3. The standard InChI is InChI=1S/C34H31BrN2O8S/c1-5-41-28-16-24(35)23(15-26(28)40-4)31-30(33(39)42-6-2)19(3)36-34-37(31)32(38)29(46-34)14-20-7-10-22(11-8-20)43-17-21-9-12-25-27(13-21)45-18-44-25/h7-16,31H,5-6,17-18H2,1-4H3/b29-14+/t31-/m0/s1. The zero-order chi connectivity index (χ0) is 32.4. The number of hydrogen-bond donors (Lipinski definition) is 0. The summed E-state index contributed by atoms with van der Waals surface area (Å²) in [6, 6.07) is 15.9. The quantitative estimate of drug-likeness (QED) is 0.205. The van der Waals surface area contributed by atoms with Gasteiger partial charge in [0, 0.05) is 4.47 Å². The predicted octanol–water partition coefficient (Wildman–Crippen LogP) is 5.28. The van der Waals surface area contributed by atoms with Crippen LogP contribution in [0.1, 0.15) is 43.5 Å². The lowest BCUT2D eigenvalue weighted by Crippen LogP contribution is -2.40. The third kappa shape index (κ3) is 6.14. The van der Waals surface area contributed by atoms with Crippen molar-refractivity contribution in [2.24, 2.45) is 4.99 Å². The fourth-order valence-electron chi connectivity index (χ4n) is 5.28. The Hall–Kier alpha value is -4.55. The zero-order valence-electron chi connectivity index (χ0n) is 25.6. The Balaban J connectivity index is 1.35. The molecule has 10 nitrogen and oxygen atoms in total. The first-order valence-corrected chi connectivity index (χ1v) is 16.2. The van der Waals surface area contributed by atoms with E-state index in [1.807, 2.05) is 49.4 Å². The third-order valence-electron chi connectivity index (χ3n) is 7.41. The van der Waals surface area contributed by atoms with Gasteiger partial charge < -0.3 is 28.4 Å². The number of ether oxygens (including phenoxy) is 6. The molecule has 1 atom stereocenters. The number of carbonyl (C=O) groups excluding carboxylic acids is 1. The lowest BCUT2D eigenvalue weighted by molar-refractivity contribution is -0.139. The molecule has 0 saturated heterocycles. The average Bonchev–Trinajstić information content (AvgIpc) is 3.64. The molecule has 0 saturated carbocycles. The molecular formula is C34H31BrN2O8S. The van der Waals surface area contributed by atoms with E-state index in [4.69, 9.17) is 28.4 Å². The van der Waals surface area contributed by atoms with E-state index in [1.165, 1.54) is 11.3 Å². The molecule has 0 bridgehead atoms. The van der Waals surface area contributed by atoms with Crippen LogP contribution in [0.3, 0.4) is 0 Å². The second-order valence-electron chi connectivity index (χ2n) is 10.3. The number of rotatable bonds is 10. The first-order chi connectivity index (χ1) is 22.3. The van der Waals surface area contributed by atoms with E-state index in [1.54, 1.807) is 43.7 Å². The Bertz CT molecular complexity index is 2020. The zero-order valence-corrected chi connectivity index (χ0v) is 28.0. The molecule has 238 valence electrons. The maximum atomic E-state index is 14.1. The predicted molar refractivity (Wildman–Crippen MR) is 176 cm³/mol. The molecule has 2 aliphatic heterocycles. The average molecular weight is 708 g/mol. The van der Waals surface area contributed by atoms with Crippen LogP contribution in [0.2, 0.25) is 0 Å². The first kappa shape index (κ1) is 31.4. The lowest BCUT2D eigenvalue weighted by atomic mass is 9.95. The summed E-state index contributed by atoms with van der Waals surface area (Å²) in [6.45, 7) is 6.57. The fraction of sp³-hybridized carbons (Fsp3) is 0.265. The van der Waals surface area contributed by atoms with Crippen LogP contribution in [0, 0.1) is 0 Å². The number of halogens is 1. The van der Waals surface area contributed by atoms with Crippen molar-refractivity contribution in [3.63, 3.8) is 0 Å². The summed E-state index contributed by atoms with van der Waals surface area (Å²) in [4.78, 5) is 32.5. The Morgan fingerprint density at radius 3 is 2.57 bits per heavy atom. The highest BCUT2D eigenvalue weighted by molar-refractivity contribution is 9.10. The van der Waals surface area contributed by atoms with Gasteiger partial charge in [0.1, 0.15) is 12.4 Å². The second-order valence-corrected chi connectivity index (χ2v) is 12.2. The van der Waals surface area contributed by atoms with Crippen molar-refractivity contribution in [2.45, 2.75) is 33.4 Å². The molecule has 12 heteroatoms. The number of methoxy groups -OCH3 is 1. The van der Waals surface area contributed by atoms with Crippen molar-refractivity contribution < 1.29 is 33.2 Å². The van der Waals surface area contributed by atoms with Gasteiger partial charge in [0.15, 0.2) is 27.8 Å². The fourth-order valence-corrected chi connectivity index (χ4v) is 6.87. The van der Waals surface area contributed by atoms with Gasteiger partial charge in [-0.05, 0) is 79.9 Å². The summed E-state index contributed by atoms with van der Waals surface area (Å²) >= 11 is 4.90. The van der Waals surface area contributed by atoms with Crippen LogP contribution in [-0.2, 0) is 16.1 Å². The molecular weight excluding hydrogens is 676 g/mol. The van der Waals surface area contributed by atoms with Crippen molar-refractivity contribution >= 4 is 39.3 Å². The van der Waals surface area contributed by atoms with Crippen molar-refractivity contribution in [1.82, 2.24) is 4.57 Å². The van der Waals surface area contributed by atoms with E-state index in [9.17, 15) is 9.59 Å². The minimum atomic E-state index is -0.816. The molecule has 6 rings (SSSR count). The van der Waals surface area contributed by atoms with Crippen LogP contribution in [0.25, 0.3) is 6.08 Å². The van der Waals surface area contributed by atoms with E-state index >= 15 is 0 Å². The SMILES string of the molecule is CCOC(=O)C1=C(C)N=c2s/c(=C/c3ccc(OCc4ccc5c(c4)OCO5)cc3)c(=O)n2[C@H]1c1cc(OC)c(OCC)cc1Br. The van der Waals surface area contributed by atoms with Gasteiger partial charge in [-0.2, -0.15) is 0 Å². The molecule has 0 radical (unpaired) electrons. The van der Waals surface area contributed by atoms with Crippen molar-refractivity contribution in [1.29, 1.82) is 0 Å². The highest BCUT2D eigenvalue weighted by Gasteiger charge is 2.35. The lowest BCUT2D eigenvalue weighted by Gasteiger charge is -2.26. The molecule has 1 aromatic heterocycles. The van der Waals surface area contributed by atoms with Gasteiger partial charge in [-0.1, -0.05) is 45.5 Å². The molecule has 46 heavy (non-hydrogen) atoms. The van der Waals surface area contributed by atoms with Crippen LogP contribution in [0.15, 0.2) is 80.1 Å². The van der Waals surface area contributed by atoms with Crippen LogP contribution in [0.5, 0.6) is 28.7 Å².